The van der Waals surface area contributed by atoms with Crippen LogP contribution in [-0.2, 0) is 4.79 Å². The van der Waals surface area contributed by atoms with Crippen LogP contribution in [0.3, 0.4) is 0 Å². The molecule has 0 spiro atoms. The number of hydrogen-bond donors (Lipinski definition) is 1. The average molecular weight is 322 g/mol. The van der Waals surface area contributed by atoms with Gasteiger partial charge in [0.25, 0.3) is 5.91 Å². The van der Waals surface area contributed by atoms with E-state index in [1.54, 1.807) is 32.2 Å². The van der Waals surface area contributed by atoms with E-state index in [4.69, 9.17) is 9.15 Å². The predicted molar refractivity (Wildman–Crippen MR) is 93.1 cm³/mol. The second-order valence-electron chi connectivity index (χ2n) is 5.42. The summed E-state index contributed by atoms with van der Waals surface area (Å²) < 4.78 is 10.9. The SMILES string of the molecule is C/C(=N\NC(=O)[C@@H](C)Oc1ccc2ccccc2c1)c1ccco1. The zero-order valence-electron chi connectivity index (χ0n) is 13.5. The Balaban J connectivity index is 1.63. The number of amides is 1. The van der Waals surface area contributed by atoms with E-state index >= 15 is 0 Å². The Kier molecular flexibility index (Phi) is 4.61. The van der Waals surface area contributed by atoms with E-state index in [2.05, 4.69) is 10.5 Å². The van der Waals surface area contributed by atoms with E-state index in [9.17, 15) is 4.79 Å². The molecule has 0 saturated carbocycles. The van der Waals surface area contributed by atoms with Gasteiger partial charge in [0, 0.05) is 0 Å². The molecule has 1 aromatic heterocycles. The molecule has 0 bridgehead atoms. The van der Waals surface area contributed by atoms with Crippen molar-refractivity contribution < 1.29 is 13.9 Å². The Hall–Kier alpha value is -3.08. The number of fused-ring (bicyclic) bond motifs is 1. The van der Waals surface area contributed by atoms with Gasteiger partial charge in [0.15, 0.2) is 6.10 Å². The molecular formula is C19H18N2O3. The van der Waals surface area contributed by atoms with E-state index in [0.717, 1.165) is 10.8 Å². The topological polar surface area (TPSA) is 63.8 Å². The summed E-state index contributed by atoms with van der Waals surface area (Å²) in [4.78, 5) is 12.1. The smallest absolute Gasteiger partial charge is 0.280 e. The number of nitrogens with one attached hydrogen (secondary N) is 1. The third-order valence-electron chi connectivity index (χ3n) is 3.61. The molecule has 0 aliphatic rings. The molecule has 24 heavy (non-hydrogen) atoms. The molecule has 3 rings (SSSR count). The maximum atomic E-state index is 12.1. The molecule has 1 atom stereocenters. The van der Waals surface area contributed by atoms with Gasteiger partial charge in [-0.15, -0.1) is 0 Å². The fourth-order valence-corrected chi connectivity index (χ4v) is 2.27. The fraction of sp³-hybridized carbons (Fsp3) is 0.158. The molecule has 0 radical (unpaired) electrons. The van der Waals surface area contributed by atoms with Crippen molar-refractivity contribution in [3.05, 3.63) is 66.6 Å². The van der Waals surface area contributed by atoms with Crippen LogP contribution in [0.4, 0.5) is 0 Å². The Labute approximate surface area is 139 Å². The number of hydrazone groups is 1. The van der Waals surface area contributed by atoms with Gasteiger partial charge in [0.2, 0.25) is 0 Å². The van der Waals surface area contributed by atoms with Crippen LogP contribution in [0.5, 0.6) is 5.75 Å². The van der Waals surface area contributed by atoms with Crippen LogP contribution in [0, 0.1) is 0 Å². The molecule has 0 fully saturated rings. The lowest BCUT2D eigenvalue weighted by Crippen LogP contribution is -2.33. The summed E-state index contributed by atoms with van der Waals surface area (Å²) in [6.07, 6.45) is 0.890. The van der Waals surface area contributed by atoms with Gasteiger partial charge in [-0.3, -0.25) is 4.79 Å². The third kappa shape index (κ3) is 3.63. The molecule has 5 heteroatoms. The van der Waals surface area contributed by atoms with E-state index in [1.165, 1.54) is 0 Å². The van der Waals surface area contributed by atoms with Crippen LogP contribution in [-0.4, -0.2) is 17.7 Å². The second kappa shape index (κ2) is 7.00. The van der Waals surface area contributed by atoms with Gasteiger partial charge in [-0.1, -0.05) is 30.3 Å². The number of hydrogen-bond acceptors (Lipinski definition) is 4. The highest BCUT2D eigenvalue weighted by molar-refractivity contribution is 5.97. The molecule has 0 unspecified atom stereocenters. The molecule has 1 heterocycles. The molecule has 2 aromatic carbocycles. The summed E-state index contributed by atoms with van der Waals surface area (Å²) in [7, 11) is 0. The summed E-state index contributed by atoms with van der Waals surface area (Å²) in [5, 5.41) is 6.21. The fourth-order valence-electron chi connectivity index (χ4n) is 2.27. The number of carbonyl (C=O) groups is 1. The van der Waals surface area contributed by atoms with Gasteiger partial charge in [0.05, 0.1) is 6.26 Å². The van der Waals surface area contributed by atoms with Crippen molar-refractivity contribution >= 4 is 22.4 Å². The molecule has 3 aromatic rings. The molecule has 0 aliphatic carbocycles. The minimum absolute atomic E-state index is 0.325. The monoisotopic (exact) mass is 322 g/mol. The van der Waals surface area contributed by atoms with Gasteiger partial charge in [0.1, 0.15) is 17.2 Å². The van der Waals surface area contributed by atoms with Gasteiger partial charge < -0.3 is 9.15 Å². The lowest BCUT2D eigenvalue weighted by molar-refractivity contribution is -0.127. The minimum Gasteiger partial charge on any atom is -0.481 e. The van der Waals surface area contributed by atoms with Crippen molar-refractivity contribution in [2.75, 3.05) is 0 Å². The first-order chi connectivity index (χ1) is 11.6. The lowest BCUT2D eigenvalue weighted by Gasteiger charge is -2.13. The van der Waals surface area contributed by atoms with Crippen LogP contribution in [0.15, 0.2) is 70.4 Å². The first-order valence-corrected chi connectivity index (χ1v) is 7.67. The van der Waals surface area contributed by atoms with E-state index < -0.39 is 6.10 Å². The normalized spacial score (nSPS) is 12.8. The van der Waals surface area contributed by atoms with Crippen molar-refractivity contribution in [1.82, 2.24) is 5.43 Å². The second-order valence-corrected chi connectivity index (χ2v) is 5.42. The first-order valence-electron chi connectivity index (χ1n) is 7.67. The maximum Gasteiger partial charge on any atom is 0.280 e. The quantitative estimate of drug-likeness (QED) is 0.575. The molecule has 0 aliphatic heterocycles. The summed E-state index contributed by atoms with van der Waals surface area (Å²) in [6, 6.07) is 17.3. The van der Waals surface area contributed by atoms with Crippen LogP contribution in [0.25, 0.3) is 10.8 Å². The average Bonchev–Trinajstić information content (AvgIpc) is 3.14. The zero-order valence-corrected chi connectivity index (χ0v) is 13.5. The molecule has 122 valence electrons. The number of furan rings is 1. The molecule has 1 N–H and O–H groups in total. The van der Waals surface area contributed by atoms with Crippen LogP contribution < -0.4 is 10.2 Å². The number of carbonyl (C=O) groups excluding carboxylic acids is 1. The van der Waals surface area contributed by atoms with Crippen LogP contribution in [0.2, 0.25) is 0 Å². The molecular weight excluding hydrogens is 304 g/mol. The van der Waals surface area contributed by atoms with Gasteiger partial charge in [-0.05, 0) is 48.9 Å². The Morgan fingerprint density at radius 3 is 2.67 bits per heavy atom. The first kappa shape index (κ1) is 15.8. The van der Waals surface area contributed by atoms with E-state index in [1.807, 2.05) is 42.5 Å². The van der Waals surface area contributed by atoms with Gasteiger partial charge in [-0.25, -0.2) is 5.43 Å². The highest BCUT2D eigenvalue weighted by Crippen LogP contribution is 2.21. The Morgan fingerprint density at radius 2 is 1.92 bits per heavy atom. The number of rotatable bonds is 5. The van der Waals surface area contributed by atoms with Crippen LogP contribution >= 0.6 is 0 Å². The highest BCUT2D eigenvalue weighted by Gasteiger charge is 2.14. The highest BCUT2D eigenvalue weighted by atomic mass is 16.5. The number of benzene rings is 2. The summed E-state index contributed by atoms with van der Waals surface area (Å²) in [5.74, 6) is 0.926. The largest absolute Gasteiger partial charge is 0.481 e. The van der Waals surface area contributed by atoms with Crippen molar-refractivity contribution in [3.8, 4) is 5.75 Å². The van der Waals surface area contributed by atoms with Crippen molar-refractivity contribution in [3.63, 3.8) is 0 Å². The van der Waals surface area contributed by atoms with Gasteiger partial charge in [-0.2, -0.15) is 5.10 Å². The standard InChI is InChI=1S/C19H18N2O3/c1-13(18-8-5-11-23-18)20-21-19(22)14(2)24-17-10-9-15-6-3-4-7-16(15)12-17/h3-12,14H,1-2H3,(H,21,22)/b20-13+/t14-/m1/s1. The summed E-state index contributed by atoms with van der Waals surface area (Å²) in [5.41, 5.74) is 3.08. The molecule has 0 saturated heterocycles. The van der Waals surface area contributed by atoms with E-state index in [-0.39, 0.29) is 5.91 Å². The summed E-state index contributed by atoms with van der Waals surface area (Å²) >= 11 is 0. The lowest BCUT2D eigenvalue weighted by atomic mass is 10.1. The number of ether oxygens (including phenoxy) is 1. The zero-order chi connectivity index (χ0) is 16.9. The third-order valence-corrected chi connectivity index (χ3v) is 3.61. The van der Waals surface area contributed by atoms with Crippen molar-refractivity contribution in [2.45, 2.75) is 20.0 Å². The van der Waals surface area contributed by atoms with Crippen LogP contribution in [0.1, 0.15) is 19.6 Å². The van der Waals surface area contributed by atoms with E-state index in [0.29, 0.717) is 17.2 Å². The summed E-state index contributed by atoms with van der Waals surface area (Å²) in [6.45, 7) is 3.44. The van der Waals surface area contributed by atoms with Gasteiger partial charge >= 0.3 is 0 Å². The van der Waals surface area contributed by atoms with Crippen molar-refractivity contribution in [1.29, 1.82) is 0 Å². The van der Waals surface area contributed by atoms with Crippen molar-refractivity contribution in [2.24, 2.45) is 5.10 Å². The Bertz CT molecular complexity index is 869. The Morgan fingerprint density at radius 1 is 1.12 bits per heavy atom. The molecule has 1 amide bonds. The molecule has 5 nitrogen and oxygen atoms in total. The minimum atomic E-state index is -0.667. The predicted octanol–water partition coefficient (Wildman–Crippen LogP) is 3.74. The number of nitrogens with zero attached hydrogens (tertiary/aromatic N) is 1. The maximum absolute atomic E-state index is 12.1.